The Labute approximate surface area is 121 Å². The van der Waals surface area contributed by atoms with Gasteiger partial charge in [-0.25, -0.2) is 4.68 Å². The van der Waals surface area contributed by atoms with Gasteiger partial charge in [0.05, 0.1) is 11.9 Å². The van der Waals surface area contributed by atoms with E-state index in [1.807, 2.05) is 6.92 Å². The van der Waals surface area contributed by atoms with Crippen molar-refractivity contribution < 1.29 is 0 Å². The van der Waals surface area contributed by atoms with E-state index in [1.54, 1.807) is 17.5 Å². The third-order valence-corrected chi connectivity index (χ3v) is 4.27. The van der Waals surface area contributed by atoms with Gasteiger partial charge >= 0.3 is 0 Å². The number of anilines is 1. The lowest BCUT2D eigenvalue weighted by Crippen LogP contribution is -2.23. The van der Waals surface area contributed by atoms with Crippen molar-refractivity contribution in [2.24, 2.45) is 0 Å². The van der Waals surface area contributed by atoms with Gasteiger partial charge in [0.25, 0.3) is 5.56 Å². The minimum Gasteiger partial charge on any atom is -0.377 e. The van der Waals surface area contributed by atoms with Crippen LogP contribution in [0.3, 0.4) is 0 Å². The van der Waals surface area contributed by atoms with E-state index in [-0.39, 0.29) is 10.6 Å². The Balaban J connectivity index is 2.16. The standard InChI is InChI=1S/C13H16ClN3OS/c1-3-9-5-6-19-11(9)8-15-10-7-16-17(4-2)13(18)12(10)14/h5-7,15H,3-4,8H2,1-2H3. The number of thiophene rings is 1. The summed E-state index contributed by atoms with van der Waals surface area (Å²) in [5, 5.41) is 9.52. The first kappa shape index (κ1) is 14.1. The lowest BCUT2D eigenvalue weighted by Gasteiger charge is -2.09. The van der Waals surface area contributed by atoms with E-state index in [1.165, 1.54) is 15.1 Å². The third kappa shape index (κ3) is 2.98. The van der Waals surface area contributed by atoms with E-state index >= 15 is 0 Å². The van der Waals surface area contributed by atoms with Crippen LogP contribution in [0.25, 0.3) is 0 Å². The number of nitrogens with one attached hydrogen (secondary N) is 1. The molecule has 0 aliphatic rings. The molecule has 0 unspecified atom stereocenters. The highest BCUT2D eigenvalue weighted by Crippen LogP contribution is 2.21. The van der Waals surface area contributed by atoms with Gasteiger partial charge in [-0.2, -0.15) is 5.10 Å². The van der Waals surface area contributed by atoms with Crippen LogP contribution >= 0.6 is 22.9 Å². The Bertz CT molecular complexity index is 621. The molecule has 2 heterocycles. The van der Waals surface area contributed by atoms with Gasteiger partial charge in [0.15, 0.2) is 0 Å². The highest BCUT2D eigenvalue weighted by molar-refractivity contribution is 7.10. The monoisotopic (exact) mass is 297 g/mol. The number of aromatic nitrogens is 2. The van der Waals surface area contributed by atoms with Crippen molar-refractivity contribution >= 4 is 28.6 Å². The fraction of sp³-hybridized carbons (Fsp3) is 0.385. The zero-order valence-corrected chi connectivity index (χ0v) is 12.5. The number of rotatable bonds is 5. The molecule has 0 atom stereocenters. The van der Waals surface area contributed by atoms with E-state index in [0.717, 1.165) is 6.42 Å². The molecule has 0 bridgehead atoms. The van der Waals surface area contributed by atoms with Crippen LogP contribution in [0, 0.1) is 0 Å². The van der Waals surface area contributed by atoms with Gasteiger partial charge in [0.1, 0.15) is 5.02 Å². The number of hydrogen-bond acceptors (Lipinski definition) is 4. The molecule has 1 N–H and O–H groups in total. The molecule has 2 rings (SSSR count). The number of halogens is 1. The molecule has 102 valence electrons. The second kappa shape index (κ2) is 6.21. The predicted octanol–water partition coefficient (Wildman–Crippen LogP) is 3.15. The van der Waals surface area contributed by atoms with Gasteiger partial charge in [-0.05, 0) is 30.4 Å². The summed E-state index contributed by atoms with van der Waals surface area (Å²) in [4.78, 5) is 13.1. The molecule has 0 aliphatic carbocycles. The number of nitrogens with zero attached hydrogens (tertiary/aromatic N) is 2. The average molecular weight is 298 g/mol. The highest BCUT2D eigenvalue weighted by Gasteiger charge is 2.09. The normalized spacial score (nSPS) is 10.7. The zero-order chi connectivity index (χ0) is 13.8. The molecular weight excluding hydrogens is 282 g/mol. The molecule has 0 saturated carbocycles. The largest absolute Gasteiger partial charge is 0.377 e. The Morgan fingerprint density at radius 1 is 1.47 bits per heavy atom. The molecule has 0 fully saturated rings. The summed E-state index contributed by atoms with van der Waals surface area (Å²) in [7, 11) is 0. The molecule has 2 aromatic rings. The first-order valence-electron chi connectivity index (χ1n) is 6.22. The summed E-state index contributed by atoms with van der Waals surface area (Å²) in [6, 6.07) is 2.12. The molecule has 0 saturated heterocycles. The minimum absolute atomic E-state index is 0.200. The van der Waals surface area contributed by atoms with Crippen molar-refractivity contribution in [3.8, 4) is 0 Å². The van der Waals surface area contributed by atoms with Gasteiger partial charge in [0, 0.05) is 18.0 Å². The lowest BCUT2D eigenvalue weighted by molar-refractivity contribution is 0.616. The smallest absolute Gasteiger partial charge is 0.287 e. The van der Waals surface area contributed by atoms with Crippen LogP contribution in [-0.4, -0.2) is 9.78 Å². The van der Waals surface area contributed by atoms with Gasteiger partial charge in [-0.3, -0.25) is 4.79 Å². The quantitative estimate of drug-likeness (QED) is 0.922. The topological polar surface area (TPSA) is 46.9 Å². The maximum atomic E-state index is 11.8. The Hall–Kier alpha value is -1.33. The summed E-state index contributed by atoms with van der Waals surface area (Å²) in [6.07, 6.45) is 2.61. The van der Waals surface area contributed by atoms with E-state index in [4.69, 9.17) is 11.6 Å². The van der Waals surface area contributed by atoms with Gasteiger partial charge < -0.3 is 5.32 Å². The molecular formula is C13H16ClN3OS. The molecule has 4 nitrogen and oxygen atoms in total. The average Bonchev–Trinajstić information content (AvgIpc) is 2.88. The Morgan fingerprint density at radius 2 is 2.26 bits per heavy atom. The molecule has 0 spiro atoms. The second-order valence-corrected chi connectivity index (χ2v) is 5.45. The fourth-order valence-corrected chi connectivity index (χ4v) is 2.96. The zero-order valence-electron chi connectivity index (χ0n) is 10.9. The molecule has 0 aliphatic heterocycles. The summed E-state index contributed by atoms with van der Waals surface area (Å²) < 4.78 is 1.34. The van der Waals surface area contributed by atoms with Gasteiger partial charge in [0.2, 0.25) is 0 Å². The Kier molecular flexibility index (Phi) is 4.61. The van der Waals surface area contributed by atoms with Crippen molar-refractivity contribution in [3.05, 3.63) is 43.5 Å². The van der Waals surface area contributed by atoms with Crippen LogP contribution in [-0.2, 0) is 19.5 Å². The number of hydrogen-bond donors (Lipinski definition) is 1. The van der Waals surface area contributed by atoms with E-state index in [2.05, 4.69) is 28.8 Å². The SMILES string of the molecule is CCc1ccsc1CNc1cnn(CC)c(=O)c1Cl. The molecule has 19 heavy (non-hydrogen) atoms. The van der Waals surface area contributed by atoms with Crippen LogP contribution in [0.1, 0.15) is 24.3 Å². The van der Waals surface area contributed by atoms with Crippen LogP contribution < -0.4 is 10.9 Å². The van der Waals surface area contributed by atoms with Crippen molar-refractivity contribution in [2.75, 3.05) is 5.32 Å². The summed E-state index contributed by atoms with van der Waals surface area (Å²) >= 11 is 7.76. The molecule has 0 radical (unpaired) electrons. The Morgan fingerprint density at radius 3 is 2.95 bits per heavy atom. The van der Waals surface area contributed by atoms with Crippen molar-refractivity contribution in [3.63, 3.8) is 0 Å². The second-order valence-electron chi connectivity index (χ2n) is 4.07. The fourth-order valence-electron chi connectivity index (χ4n) is 1.83. The molecule has 0 amide bonds. The molecule has 2 aromatic heterocycles. The summed E-state index contributed by atoms with van der Waals surface area (Å²) in [5.74, 6) is 0. The predicted molar refractivity (Wildman–Crippen MR) is 80.2 cm³/mol. The maximum Gasteiger partial charge on any atom is 0.287 e. The minimum atomic E-state index is -0.254. The van der Waals surface area contributed by atoms with Crippen molar-refractivity contribution in [2.45, 2.75) is 33.4 Å². The van der Waals surface area contributed by atoms with Crippen LogP contribution in [0.2, 0.25) is 5.02 Å². The van der Waals surface area contributed by atoms with Gasteiger partial charge in [-0.1, -0.05) is 18.5 Å². The van der Waals surface area contributed by atoms with E-state index in [9.17, 15) is 4.79 Å². The number of aryl methyl sites for hydroxylation is 2. The summed E-state index contributed by atoms with van der Waals surface area (Å²) in [6.45, 7) is 5.17. The maximum absolute atomic E-state index is 11.8. The van der Waals surface area contributed by atoms with Crippen LogP contribution in [0.15, 0.2) is 22.4 Å². The summed E-state index contributed by atoms with van der Waals surface area (Å²) in [5.41, 5.74) is 1.66. The third-order valence-electron chi connectivity index (χ3n) is 2.94. The molecule has 6 heteroatoms. The van der Waals surface area contributed by atoms with Crippen LogP contribution in [0.4, 0.5) is 5.69 Å². The molecule has 0 aromatic carbocycles. The van der Waals surface area contributed by atoms with Crippen molar-refractivity contribution in [1.82, 2.24) is 9.78 Å². The first-order valence-corrected chi connectivity index (χ1v) is 7.47. The lowest BCUT2D eigenvalue weighted by atomic mass is 10.2. The van der Waals surface area contributed by atoms with E-state index < -0.39 is 0 Å². The highest BCUT2D eigenvalue weighted by atomic mass is 35.5. The van der Waals surface area contributed by atoms with Gasteiger partial charge in [-0.15, -0.1) is 11.3 Å². The van der Waals surface area contributed by atoms with Crippen LogP contribution in [0.5, 0.6) is 0 Å². The van der Waals surface area contributed by atoms with Crippen molar-refractivity contribution in [1.29, 1.82) is 0 Å². The first-order chi connectivity index (χ1) is 9.17. The van der Waals surface area contributed by atoms with E-state index in [0.29, 0.717) is 18.8 Å².